The smallest absolute Gasteiger partial charge is 0.130 e. The highest BCUT2D eigenvalue weighted by Gasteiger charge is 2.18. The van der Waals surface area contributed by atoms with Crippen molar-refractivity contribution in [1.82, 2.24) is 9.97 Å². The molecule has 3 heteroatoms. The largest absolute Gasteiger partial charge is 0.759 e. The number of aromatic nitrogens is 2. The van der Waals surface area contributed by atoms with Gasteiger partial charge >= 0.3 is 0 Å². The van der Waals surface area contributed by atoms with Crippen LogP contribution < -0.4 is 0 Å². The molecular weight excluding hydrogens is 228 g/mol. The Kier molecular flexibility index (Phi) is 2.93. The first-order valence-electron chi connectivity index (χ1n) is 6.28. The lowest BCUT2D eigenvalue weighted by Crippen LogP contribution is -2.09. The first kappa shape index (κ1) is 10.9. The Labute approximate surface area is 107 Å². The van der Waals surface area contributed by atoms with Gasteiger partial charge in [0, 0.05) is 5.92 Å². The van der Waals surface area contributed by atoms with Gasteiger partial charge in [0.1, 0.15) is 5.82 Å². The van der Waals surface area contributed by atoms with Crippen LogP contribution in [0.15, 0.2) is 29.3 Å². The second-order valence-electron chi connectivity index (χ2n) is 4.74. The molecule has 0 bridgehead atoms. The summed E-state index contributed by atoms with van der Waals surface area (Å²) in [6.07, 6.45) is 6.38. The highest BCUT2D eigenvalue weighted by Crippen LogP contribution is 2.31. The van der Waals surface area contributed by atoms with E-state index in [9.17, 15) is 0 Å². The fourth-order valence-corrected chi connectivity index (χ4v) is 2.87. The second kappa shape index (κ2) is 4.57. The third kappa shape index (κ3) is 2.12. The average molecular weight is 243 g/mol. The number of rotatable bonds is 1. The number of hydrogen-bond acceptors (Lipinski definition) is 3. The van der Waals surface area contributed by atoms with Gasteiger partial charge in [0.25, 0.3) is 0 Å². The van der Waals surface area contributed by atoms with Crippen LogP contribution in [0.5, 0.6) is 0 Å². The summed E-state index contributed by atoms with van der Waals surface area (Å²) in [4.78, 5) is 9.21. The maximum atomic E-state index is 5.36. The minimum Gasteiger partial charge on any atom is -0.759 e. The first-order valence-corrected chi connectivity index (χ1v) is 6.69. The summed E-state index contributed by atoms with van der Waals surface area (Å²) >= 11 is 5.36. The van der Waals surface area contributed by atoms with Crippen molar-refractivity contribution in [3.05, 3.63) is 30.1 Å². The first-order chi connectivity index (χ1) is 8.34. The Morgan fingerprint density at radius 3 is 2.59 bits per heavy atom. The molecule has 0 amide bonds. The molecule has 0 spiro atoms. The average Bonchev–Trinajstić information content (AvgIpc) is 2.40. The molecule has 1 saturated carbocycles. The van der Waals surface area contributed by atoms with Crippen molar-refractivity contribution >= 4 is 23.5 Å². The maximum absolute atomic E-state index is 5.36. The Morgan fingerprint density at radius 1 is 1.00 bits per heavy atom. The lowest BCUT2D eigenvalue weighted by Gasteiger charge is -2.22. The van der Waals surface area contributed by atoms with Gasteiger partial charge in [-0.05, 0) is 24.3 Å². The zero-order chi connectivity index (χ0) is 11.7. The van der Waals surface area contributed by atoms with Crippen LogP contribution in [0.2, 0.25) is 0 Å². The molecule has 2 aromatic rings. The maximum Gasteiger partial charge on any atom is 0.130 e. The number of para-hydroxylation sites is 1. The van der Waals surface area contributed by atoms with E-state index in [2.05, 4.69) is 9.97 Å². The van der Waals surface area contributed by atoms with Crippen LogP contribution in [-0.2, 0) is 12.6 Å². The van der Waals surface area contributed by atoms with E-state index in [-0.39, 0.29) is 0 Å². The van der Waals surface area contributed by atoms with E-state index >= 15 is 0 Å². The standard InChI is InChI=1S/C14H16N2S/c17-14-11-8-4-5-9-12(11)15-13(16-14)10-6-2-1-3-7-10/h4-5,8-10H,1-3,6-7H2,(H,15,16,17)/p-1. The minimum absolute atomic E-state index is 0.523. The van der Waals surface area contributed by atoms with Gasteiger partial charge in [0.2, 0.25) is 0 Å². The molecule has 0 radical (unpaired) electrons. The molecule has 88 valence electrons. The van der Waals surface area contributed by atoms with Crippen molar-refractivity contribution in [3.8, 4) is 0 Å². The van der Waals surface area contributed by atoms with Crippen LogP contribution in [0.3, 0.4) is 0 Å². The zero-order valence-corrected chi connectivity index (χ0v) is 10.5. The lowest BCUT2D eigenvalue weighted by molar-refractivity contribution is 0.428. The summed E-state index contributed by atoms with van der Waals surface area (Å²) in [6, 6.07) is 8.03. The summed E-state index contributed by atoms with van der Waals surface area (Å²) in [6.45, 7) is 0. The third-order valence-corrected chi connectivity index (χ3v) is 3.87. The van der Waals surface area contributed by atoms with Crippen molar-refractivity contribution in [3.63, 3.8) is 0 Å². The van der Waals surface area contributed by atoms with Crippen molar-refractivity contribution in [2.45, 2.75) is 43.0 Å². The molecule has 0 aliphatic heterocycles. The third-order valence-electron chi connectivity index (χ3n) is 3.56. The molecule has 0 saturated heterocycles. The number of hydrogen-bond donors (Lipinski definition) is 0. The molecule has 0 unspecified atom stereocenters. The predicted molar refractivity (Wildman–Crippen MR) is 71.0 cm³/mol. The Bertz CT molecular complexity index is 533. The minimum atomic E-state index is 0.523. The summed E-state index contributed by atoms with van der Waals surface area (Å²) in [5.41, 5.74) is 0.994. The Morgan fingerprint density at radius 2 is 1.76 bits per heavy atom. The molecular formula is C14H15N2S-. The molecule has 1 aliphatic carbocycles. The van der Waals surface area contributed by atoms with Crippen LogP contribution >= 0.6 is 0 Å². The van der Waals surface area contributed by atoms with Gasteiger partial charge in [0.05, 0.1) is 5.52 Å². The molecule has 1 aromatic carbocycles. The SMILES string of the molecule is [S-]c1nc(C2CCCCC2)nc2ccccc12. The fourth-order valence-electron chi connectivity index (χ4n) is 2.61. The van der Waals surface area contributed by atoms with Crippen LogP contribution in [0.1, 0.15) is 43.8 Å². The summed E-state index contributed by atoms with van der Waals surface area (Å²) < 4.78 is 0. The molecule has 0 N–H and O–H groups in total. The Balaban J connectivity index is 2.05. The summed E-state index contributed by atoms with van der Waals surface area (Å²) in [5.74, 6) is 1.49. The molecule has 1 aliphatic rings. The van der Waals surface area contributed by atoms with Gasteiger partial charge in [-0.15, -0.1) is 0 Å². The quantitative estimate of drug-likeness (QED) is 0.565. The highest BCUT2D eigenvalue weighted by molar-refractivity contribution is 7.59. The fraction of sp³-hybridized carbons (Fsp3) is 0.429. The van der Waals surface area contributed by atoms with Gasteiger partial charge < -0.3 is 12.6 Å². The summed E-state index contributed by atoms with van der Waals surface area (Å²) in [5, 5.41) is 1.71. The number of nitrogens with zero attached hydrogens (tertiary/aromatic N) is 2. The van der Waals surface area contributed by atoms with Gasteiger partial charge in [0.15, 0.2) is 0 Å². The molecule has 3 rings (SSSR count). The van der Waals surface area contributed by atoms with Gasteiger partial charge in [-0.2, -0.15) is 0 Å². The monoisotopic (exact) mass is 243 g/mol. The van der Waals surface area contributed by atoms with Gasteiger partial charge in [-0.3, -0.25) is 4.98 Å². The highest BCUT2D eigenvalue weighted by atomic mass is 32.1. The Hall–Kier alpha value is -1.22. The lowest BCUT2D eigenvalue weighted by atomic mass is 9.88. The molecule has 17 heavy (non-hydrogen) atoms. The van der Waals surface area contributed by atoms with Crippen LogP contribution in [-0.4, -0.2) is 9.97 Å². The van der Waals surface area contributed by atoms with Gasteiger partial charge in [-0.25, -0.2) is 4.98 Å². The molecule has 0 atom stereocenters. The summed E-state index contributed by atoms with van der Waals surface area (Å²) in [7, 11) is 0. The zero-order valence-electron chi connectivity index (χ0n) is 9.72. The number of benzene rings is 1. The van der Waals surface area contributed by atoms with E-state index in [4.69, 9.17) is 12.6 Å². The van der Waals surface area contributed by atoms with Crippen molar-refractivity contribution in [2.24, 2.45) is 0 Å². The van der Waals surface area contributed by atoms with E-state index in [0.29, 0.717) is 10.9 Å². The van der Waals surface area contributed by atoms with Crippen molar-refractivity contribution < 1.29 is 0 Å². The molecule has 1 aromatic heterocycles. The van der Waals surface area contributed by atoms with E-state index in [1.54, 1.807) is 0 Å². The normalized spacial score (nSPS) is 17.4. The van der Waals surface area contributed by atoms with Crippen LogP contribution in [0.25, 0.3) is 10.9 Å². The van der Waals surface area contributed by atoms with Crippen molar-refractivity contribution in [1.29, 1.82) is 0 Å². The molecule has 1 fully saturated rings. The van der Waals surface area contributed by atoms with E-state index in [1.165, 1.54) is 32.1 Å². The molecule has 2 nitrogen and oxygen atoms in total. The second-order valence-corrected chi connectivity index (χ2v) is 5.13. The number of fused-ring (bicyclic) bond motifs is 1. The predicted octanol–water partition coefficient (Wildman–Crippen LogP) is 3.58. The van der Waals surface area contributed by atoms with E-state index < -0.39 is 0 Å². The van der Waals surface area contributed by atoms with Gasteiger partial charge in [-0.1, -0.05) is 42.5 Å². The van der Waals surface area contributed by atoms with Crippen LogP contribution in [0, 0.1) is 0 Å². The van der Waals surface area contributed by atoms with E-state index in [1.807, 2.05) is 24.3 Å². The van der Waals surface area contributed by atoms with Crippen LogP contribution in [0.4, 0.5) is 0 Å². The molecule has 1 heterocycles. The topological polar surface area (TPSA) is 25.8 Å². The van der Waals surface area contributed by atoms with E-state index in [0.717, 1.165) is 16.7 Å². The van der Waals surface area contributed by atoms with Crippen molar-refractivity contribution in [2.75, 3.05) is 0 Å².